The van der Waals surface area contributed by atoms with E-state index in [2.05, 4.69) is 25.1 Å². The molecule has 1 aromatic heterocycles. The van der Waals surface area contributed by atoms with E-state index in [1.165, 1.54) is 24.1 Å². The number of aryl methyl sites for hydroxylation is 2. The van der Waals surface area contributed by atoms with Gasteiger partial charge in [-0.1, -0.05) is 0 Å². The molecule has 72 valence electrons. The summed E-state index contributed by atoms with van der Waals surface area (Å²) in [5, 5.41) is 4.50. The Kier molecular flexibility index (Phi) is 1.74. The zero-order valence-corrected chi connectivity index (χ0v) is 8.54. The van der Waals surface area contributed by atoms with Gasteiger partial charge in [0.1, 0.15) is 0 Å². The van der Waals surface area contributed by atoms with E-state index in [0.29, 0.717) is 0 Å². The van der Waals surface area contributed by atoms with Crippen molar-refractivity contribution >= 4 is 0 Å². The average molecular weight is 179 g/mol. The molecule has 2 rings (SSSR count). The van der Waals surface area contributed by atoms with Crippen LogP contribution in [0, 0.1) is 6.92 Å². The van der Waals surface area contributed by atoms with E-state index in [1.807, 2.05) is 11.7 Å². The first-order chi connectivity index (χ1) is 6.06. The fourth-order valence-electron chi connectivity index (χ4n) is 2.14. The molecule has 3 heteroatoms. The van der Waals surface area contributed by atoms with E-state index >= 15 is 0 Å². The minimum absolute atomic E-state index is 0.200. The van der Waals surface area contributed by atoms with Gasteiger partial charge in [-0.3, -0.25) is 4.68 Å². The number of hydrogen-bond donors (Lipinski definition) is 1. The Hall–Kier alpha value is -0.830. The molecule has 0 radical (unpaired) electrons. The lowest BCUT2D eigenvalue weighted by atomic mass is 9.92. The molecular formula is C10H17N3. The second-order valence-electron chi connectivity index (χ2n) is 4.28. The Balaban J connectivity index is 2.40. The quantitative estimate of drug-likeness (QED) is 0.739. The first-order valence-corrected chi connectivity index (χ1v) is 4.82. The maximum Gasteiger partial charge on any atom is 0.0730 e. The van der Waals surface area contributed by atoms with Crippen LogP contribution in [0.4, 0.5) is 0 Å². The van der Waals surface area contributed by atoms with Crippen molar-refractivity contribution in [3.8, 4) is 0 Å². The SMILES string of the molecule is Cc1cn(C)nc1C1(C(C)N)CC1. The van der Waals surface area contributed by atoms with Crippen LogP contribution in [-0.4, -0.2) is 15.8 Å². The van der Waals surface area contributed by atoms with Gasteiger partial charge >= 0.3 is 0 Å². The molecule has 1 atom stereocenters. The summed E-state index contributed by atoms with van der Waals surface area (Å²) in [6.07, 6.45) is 4.46. The zero-order chi connectivity index (χ0) is 9.64. The van der Waals surface area contributed by atoms with Crippen LogP contribution in [0.5, 0.6) is 0 Å². The van der Waals surface area contributed by atoms with Gasteiger partial charge in [-0.2, -0.15) is 5.10 Å². The van der Waals surface area contributed by atoms with E-state index in [1.54, 1.807) is 0 Å². The number of nitrogens with zero attached hydrogens (tertiary/aromatic N) is 2. The molecule has 0 spiro atoms. The summed E-state index contributed by atoms with van der Waals surface area (Å²) < 4.78 is 1.88. The fraction of sp³-hybridized carbons (Fsp3) is 0.700. The normalized spacial score (nSPS) is 21.5. The molecule has 3 nitrogen and oxygen atoms in total. The Bertz CT molecular complexity index is 321. The summed E-state index contributed by atoms with van der Waals surface area (Å²) in [5.41, 5.74) is 8.68. The second kappa shape index (κ2) is 2.58. The zero-order valence-electron chi connectivity index (χ0n) is 8.54. The molecule has 1 aliphatic carbocycles. The summed E-state index contributed by atoms with van der Waals surface area (Å²) >= 11 is 0. The van der Waals surface area contributed by atoms with Gasteiger partial charge in [-0.05, 0) is 32.3 Å². The number of aromatic nitrogens is 2. The van der Waals surface area contributed by atoms with Crippen LogP contribution in [0.15, 0.2) is 6.20 Å². The number of nitrogens with two attached hydrogens (primary N) is 1. The smallest absolute Gasteiger partial charge is 0.0730 e. The Morgan fingerprint density at radius 3 is 2.54 bits per heavy atom. The summed E-state index contributed by atoms with van der Waals surface area (Å²) in [7, 11) is 1.97. The molecule has 1 aromatic rings. The molecule has 0 aliphatic heterocycles. The van der Waals surface area contributed by atoms with Crippen molar-refractivity contribution in [3.63, 3.8) is 0 Å². The van der Waals surface area contributed by atoms with Crippen molar-refractivity contribution in [1.82, 2.24) is 9.78 Å². The fourth-order valence-corrected chi connectivity index (χ4v) is 2.14. The molecule has 0 aromatic carbocycles. The summed E-state index contributed by atoms with van der Waals surface area (Å²) in [6.45, 7) is 4.20. The molecule has 0 bridgehead atoms. The first-order valence-electron chi connectivity index (χ1n) is 4.82. The highest BCUT2D eigenvalue weighted by Crippen LogP contribution is 2.50. The Morgan fingerprint density at radius 2 is 2.23 bits per heavy atom. The molecular weight excluding hydrogens is 162 g/mol. The maximum absolute atomic E-state index is 5.99. The summed E-state index contributed by atoms with van der Waals surface area (Å²) in [6, 6.07) is 0.223. The third kappa shape index (κ3) is 1.18. The maximum atomic E-state index is 5.99. The third-order valence-corrected chi connectivity index (χ3v) is 3.14. The lowest BCUT2D eigenvalue weighted by molar-refractivity contribution is 0.530. The van der Waals surface area contributed by atoms with Crippen LogP contribution < -0.4 is 5.73 Å². The van der Waals surface area contributed by atoms with Crippen LogP contribution in [0.25, 0.3) is 0 Å². The van der Waals surface area contributed by atoms with E-state index in [-0.39, 0.29) is 11.5 Å². The molecule has 1 unspecified atom stereocenters. The van der Waals surface area contributed by atoms with E-state index in [4.69, 9.17) is 5.73 Å². The third-order valence-electron chi connectivity index (χ3n) is 3.14. The average Bonchev–Trinajstić information content (AvgIpc) is 2.75. The van der Waals surface area contributed by atoms with Gasteiger partial charge in [0.2, 0.25) is 0 Å². The Labute approximate surface area is 78.9 Å². The molecule has 1 aliphatic rings. The van der Waals surface area contributed by atoms with E-state index in [0.717, 1.165) is 0 Å². The monoisotopic (exact) mass is 179 g/mol. The van der Waals surface area contributed by atoms with Crippen molar-refractivity contribution in [1.29, 1.82) is 0 Å². The lowest BCUT2D eigenvalue weighted by Crippen LogP contribution is -2.32. The van der Waals surface area contributed by atoms with Crippen LogP contribution in [-0.2, 0) is 12.5 Å². The molecule has 2 N–H and O–H groups in total. The highest BCUT2D eigenvalue weighted by Gasteiger charge is 2.50. The van der Waals surface area contributed by atoms with Crippen molar-refractivity contribution in [3.05, 3.63) is 17.5 Å². The molecule has 1 fully saturated rings. The standard InChI is InChI=1S/C10H17N3/c1-7-6-13(3)12-9(7)10(4-5-10)8(2)11/h6,8H,4-5,11H2,1-3H3. The topological polar surface area (TPSA) is 43.8 Å². The predicted octanol–water partition coefficient (Wildman–Crippen LogP) is 1.11. The van der Waals surface area contributed by atoms with Crippen molar-refractivity contribution in [2.24, 2.45) is 12.8 Å². The van der Waals surface area contributed by atoms with Crippen LogP contribution in [0.3, 0.4) is 0 Å². The largest absolute Gasteiger partial charge is 0.327 e. The Morgan fingerprint density at radius 1 is 1.62 bits per heavy atom. The van der Waals surface area contributed by atoms with Gasteiger partial charge in [0, 0.05) is 24.7 Å². The lowest BCUT2D eigenvalue weighted by Gasteiger charge is -2.17. The van der Waals surface area contributed by atoms with Gasteiger partial charge in [0.15, 0.2) is 0 Å². The van der Waals surface area contributed by atoms with Crippen LogP contribution in [0.2, 0.25) is 0 Å². The van der Waals surface area contributed by atoms with Gasteiger partial charge in [-0.15, -0.1) is 0 Å². The van der Waals surface area contributed by atoms with Crippen LogP contribution >= 0.6 is 0 Å². The van der Waals surface area contributed by atoms with Crippen molar-refractivity contribution in [2.75, 3.05) is 0 Å². The second-order valence-corrected chi connectivity index (χ2v) is 4.28. The van der Waals surface area contributed by atoms with Gasteiger partial charge < -0.3 is 5.73 Å². The van der Waals surface area contributed by atoms with Gasteiger partial charge in [0.25, 0.3) is 0 Å². The van der Waals surface area contributed by atoms with Gasteiger partial charge in [0.05, 0.1) is 5.69 Å². The number of hydrogen-bond acceptors (Lipinski definition) is 2. The highest BCUT2D eigenvalue weighted by molar-refractivity contribution is 5.32. The summed E-state index contributed by atoms with van der Waals surface area (Å²) in [4.78, 5) is 0. The highest BCUT2D eigenvalue weighted by atomic mass is 15.3. The van der Waals surface area contributed by atoms with Gasteiger partial charge in [-0.25, -0.2) is 0 Å². The van der Waals surface area contributed by atoms with E-state index in [9.17, 15) is 0 Å². The minimum Gasteiger partial charge on any atom is -0.327 e. The summed E-state index contributed by atoms with van der Waals surface area (Å²) in [5.74, 6) is 0. The molecule has 13 heavy (non-hydrogen) atoms. The number of rotatable bonds is 2. The minimum atomic E-state index is 0.200. The predicted molar refractivity (Wildman–Crippen MR) is 52.5 cm³/mol. The molecule has 0 amide bonds. The first kappa shape index (κ1) is 8.75. The van der Waals surface area contributed by atoms with Crippen molar-refractivity contribution < 1.29 is 0 Å². The molecule has 1 saturated carbocycles. The molecule has 0 saturated heterocycles. The molecule has 1 heterocycles. The van der Waals surface area contributed by atoms with Crippen LogP contribution in [0.1, 0.15) is 31.0 Å². The van der Waals surface area contributed by atoms with Crippen molar-refractivity contribution in [2.45, 2.75) is 38.1 Å². The van der Waals surface area contributed by atoms with E-state index < -0.39 is 0 Å².